The van der Waals surface area contributed by atoms with Gasteiger partial charge in [0, 0.05) is 27.5 Å². The van der Waals surface area contributed by atoms with Gasteiger partial charge in [-0.15, -0.1) is 0 Å². The summed E-state index contributed by atoms with van der Waals surface area (Å²) in [6, 6.07) is 78.3. The standard InChI is InChI=1S/C57H37N3O/c1-4-15-38(16-5-1)39-27-33-44(34-28-39)56-58-55(43-19-8-3-9-20-43)59-57(60-56)50-25-14-26-53-54(50)51-37-45(35-36-52(51)61-53)49-24-13-12-23-48(49)42-31-29-41(30-32-42)47-22-11-10-21-46(47)40-17-6-2-7-18-40/h1-37H. The number of hydrogen-bond acceptors (Lipinski definition) is 4. The molecule has 0 radical (unpaired) electrons. The molecule has 0 spiro atoms. The lowest BCUT2D eigenvalue weighted by atomic mass is 9.91. The average molecular weight is 780 g/mol. The molecule has 2 heterocycles. The quantitative estimate of drug-likeness (QED) is 0.154. The van der Waals surface area contributed by atoms with Gasteiger partial charge in [-0.2, -0.15) is 0 Å². The van der Waals surface area contributed by atoms with Gasteiger partial charge >= 0.3 is 0 Å². The summed E-state index contributed by atoms with van der Waals surface area (Å²) < 4.78 is 6.53. The SMILES string of the molecule is c1ccc(-c2ccc(-c3nc(-c4ccccc4)nc(-c4cccc5oc6ccc(-c7ccccc7-c7ccc(-c8ccccc8-c8ccccc8)cc7)cc6c45)n3)cc2)cc1. The lowest BCUT2D eigenvalue weighted by Gasteiger charge is -2.13. The molecule has 0 saturated heterocycles. The zero-order valence-electron chi connectivity index (χ0n) is 33.1. The lowest BCUT2D eigenvalue weighted by Crippen LogP contribution is -2.00. The summed E-state index contributed by atoms with van der Waals surface area (Å²) in [7, 11) is 0. The zero-order chi connectivity index (χ0) is 40.5. The minimum absolute atomic E-state index is 0.587. The van der Waals surface area contributed by atoms with E-state index in [0.717, 1.165) is 72.0 Å². The van der Waals surface area contributed by atoms with E-state index in [0.29, 0.717) is 17.5 Å². The monoisotopic (exact) mass is 779 g/mol. The second-order valence-electron chi connectivity index (χ2n) is 15.1. The number of benzene rings is 9. The maximum absolute atomic E-state index is 6.53. The van der Waals surface area contributed by atoms with Crippen LogP contribution in [0.5, 0.6) is 0 Å². The van der Waals surface area contributed by atoms with Crippen LogP contribution >= 0.6 is 0 Å². The molecule has 0 aliphatic carbocycles. The first-order valence-corrected chi connectivity index (χ1v) is 20.5. The van der Waals surface area contributed by atoms with E-state index in [9.17, 15) is 0 Å². The molecule has 286 valence electrons. The van der Waals surface area contributed by atoms with E-state index in [1.165, 1.54) is 22.3 Å². The van der Waals surface area contributed by atoms with Crippen molar-refractivity contribution in [2.75, 3.05) is 0 Å². The summed E-state index contributed by atoms with van der Waals surface area (Å²) in [5, 5.41) is 1.97. The Kier molecular flexibility index (Phi) is 9.14. The Balaban J connectivity index is 1.00. The van der Waals surface area contributed by atoms with Gasteiger partial charge in [-0.1, -0.05) is 206 Å². The van der Waals surface area contributed by atoms with Crippen molar-refractivity contribution in [1.29, 1.82) is 0 Å². The summed E-state index contributed by atoms with van der Waals surface area (Å²) >= 11 is 0. The van der Waals surface area contributed by atoms with E-state index >= 15 is 0 Å². The van der Waals surface area contributed by atoms with Crippen LogP contribution in [0.1, 0.15) is 0 Å². The summed E-state index contributed by atoms with van der Waals surface area (Å²) in [5.74, 6) is 1.81. The van der Waals surface area contributed by atoms with Crippen LogP contribution in [0.15, 0.2) is 229 Å². The van der Waals surface area contributed by atoms with Crippen LogP contribution in [0.4, 0.5) is 0 Å². The molecule has 9 aromatic carbocycles. The molecule has 0 amide bonds. The Hall–Kier alpha value is -8.21. The highest BCUT2D eigenvalue weighted by Gasteiger charge is 2.19. The Bertz CT molecular complexity index is 3320. The van der Waals surface area contributed by atoms with Gasteiger partial charge in [0.2, 0.25) is 0 Å². The van der Waals surface area contributed by atoms with Gasteiger partial charge in [-0.05, 0) is 73.8 Å². The fourth-order valence-corrected chi connectivity index (χ4v) is 8.39. The number of hydrogen-bond donors (Lipinski definition) is 0. The van der Waals surface area contributed by atoms with E-state index in [1.807, 2.05) is 48.5 Å². The Morgan fingerprint density at radius 2 is 0.623 bits per heavy atom. The van der Waals surface area contributed by atoms with Crippen molar-refractivity contribution in [2.45, 2.75) is 0 Å². The summed E-state index contributed by atoms with van der Waals surface area (Å²) in [5.41, 5.74) is 16.0. The molecular formula is C57H37N3O. The van der Waals surface area contributed by atoms with Crippen molar-refractivity contribution in [2.24, 2.45) is 0 Å². The van der Waals surface area contributed by atoms with E-state index in [1.54, 1.807) is 0 Å². The summed E-state index contributed by atoms with van der Waals surface area (Å²) in [6.07, 6.45) is 0. The third-order valence-electron chi connectivity index (χ3n) is 11.4. The molecule has 11 rings (SSSR count). The van der Waals surface area contributed by atoms with Gasteiger partial charge in [0.1, 0.15) is 11.2 Å². The van der Waals surface area contributed by atoms with Crippen molar-refractivity contribution in [3.8, 4) is 89.8 Å². The smallest absolute Gasteiger partial charge is 0.164 e. The Morgan fingerprint density at radius 3 is 1.20 bits per heavy atom. The van der Waals surface area contributed by atoms with E-state index in [2.05, 4.69) is 176 Å². The number of fused-ring (bicyclic) bond motifs is 3. The van der Waals surface area contributed by atoms with Gasteiger partial charge in [0.05, 0.1) is 0 Å². The van der Waals surface area contributed by atoms with Crippen LogP contribution in [0.25, 0.3) is 112 Å². The fraction of sp³-hybridized carbons (Fsp3) is 0. The van der Waals surface area contributed by atoms with Crippen molar-refractivity contribution in [1.82, 2.24) is 15.0 Å². The topological polar surface area (TPSA) is 51.8 Å². The zero-order valence-corrected chi connectivity index (χ0v) is 33.1. The first kappa shape index (κ1) is 35.9. The van der Waals surface area contributed by atoms with Crippen molar-refractivity contribution < 1.29 is 4.42 Å². The first-order chi connectivity index (χ1) is 30.2. The van der Waals surface area contributed by atoms with Crippen LogP contribution in [0.3, 0.4) is 0 Å². The van der Waals surface area contributed by atoms with Crippen molar-refractivity contribution in [3.63, 3.8) is 0 Å². The Labute approximate surface area is 354 Å². The summed E-state index contributed by atoms with van der Waals surface area (Å²) in [4.78, 5) is 15.3. The number of rotatable bonds is 8. The molecule has 0 bridgehead atoms. The maximum atomic E-state index is 6.53. The highest BCUT2D eigenvalue weighted by Crippen LogP contribution is 2.41. The molecular weight excluding hydrogens is 743 g/mol. The van der Waals surface area contributed by atoms with Crippen LogP contribution < -0.4 is 0 Å². The lowest BCUT2D eigenvalue weighted by molar-refractivity contribution is 0.669. The molecule has 0 saturated carbocycles. The molecule has 0 N–H and O–H groups in total. The molecule has 0 aliphatic rings. The second kappa shape index (κ2) is 15.5. The molecule has 2 aromatic heterocycles. The van der Waals surface area contributed by atoms with E-state index < -0.39 is 0 Å². The highest BCUT2D eigenvalue weighted by molar-refractivity contribution is 6.13. The average Bonchev–Trinajstić information content (AvgIpc) is 3.73. The predicted molar refractivity (Wildman–Crippen MR) is 251 cm³/mol. The van der Waals surface area contributed by atoms with Gasteiger partial charge in [0.15, 0.2) is 17.5 Å². The van der Waals surface area contributed by atoms with Crippen LogP contribution in [-0.2, 0) is 0 Å². The van der Waals surface area contributed by atoms with Gasteiger partial charge in [0.25, 0.3) is 0 Å². The van der Waals surface area contributed by atoms with Crippen LogP contribution in [0, 0.1) is 0 Å². The third-order valence-corrected chi connectivity index (χ3v) is 11.4. The molecule has 0 fully saturated rings. The predicted octanol–water partition coefficient (Wildman–Crippen LogP) is 15.1. The third kappa shape index (κ3) is 6.86. The Morgan fingerprint density at radius 1 is 0.246 bits per heavy atom. The van der Waals surface area contributed by atoms with Crippen molar-refractivity contribution >= 4 is 21.9 Å². The molecule has 4 nitrogen and oxygen atoms in total. The summed E-state index contributed by atoms with van der Waals surface area (Å²) in [6.45, 7) is 0. The largest absolute Gasteiger partial charge is 0.456 e. The maximum Gasteiger partial charge on any atom is 0.164 e. The number of nitrogens with zero attached hydrogens (tertiary/aromatic N) is 3. The second-order valence-corrected chi connectivity index (χ2v) is 15.1. The number of aromatic nitrogens is 3. The minimum Gasteiger partial charge on any atom is -0.456 e. The minimum atomic E-state index is 0.587. The molecule has 0 unspecified atom stereocenters. The van der Waals surface area contributed by atoms with Gasteiger partial charge in [-0.3, -0.25) is 0 Å². The van der Waals surface area contributed by atoms with E-state index in [-0.39, 0.29) is 0 Å². The number of furan rings is 1. The van der Waals surface area contributed by atoms with Gasteiger partial charge < -0.3 is 4.42 Å². The molecule has 11 aromatic rings. The molecule has 61 heavy (non-hydrogen) atoms. The first-order valence-electron chi connectivity index (χ1n) is 20.5. The highest BCUT2D eigenvalue weighted by atomic mass is 16.3. The molecule has 4 heteroatoms. The molecule has 0 atom stereocenters. The normalized spacial score (nSPS) is 11.3. The fourth-order valence-electron chi connectivity index (χ4n) is 8.39. The molecule has 0 aliphatic heterocycles. The van der Waals surface area contributed by atoms with Crippen LogP contribution in [-0.4, -0.2) is 15.0 Å². The van der Waals surface area contributed by atoms with Crippen molar-refractivity contribution in [3.05, 3.63) is 224 Å². The van der Waals surface area contributed by atoms with Crippen LogP contribution in [0.2, 0.25) is 0 Å². The van der Waals surface area contributed by atoms with E-state index in [4.69, 9.17) is 19.4 Å². The van der Waals surface area contributed by atoms with Gasteiger partial charge in [-0.25, -0.2) is 15.0 Å².